The highest BCUT2D eigenvalue weighted by molar-refractivity contribution is 5.78. The maximum atomic E-state index is 11.5. The number of hydrogen-bond acceptors (Lipinski definition) is 2. The molecule has 2 aliphatic carbocycles. The number of nitrogens with two attached hydrogens (primary N) is 1. The lowest BCUT2D eigenvalue weighted by molar-refractivity contribution is -0.121. The van der Waals surface area contributed by atoms with E-state index in [-0.39, 0.29) is 5.91 Å². The van der Waals surface area contributed by atoms with Crippen molar-refractivity contribution in [1.29, 1.82) is 0 Å². The summed E-state index contributed by atoms with van der Waals surface area (Å²) in [6, 6.07) is 0.937. The van der Waals surface area contributed by atoms with Gasteiger partial charge in [-0.1, -0.05) is 25.7 Å². The van der Waals surface area contributed by atoms with E-state index in [0.29, 0.717) is 31.0 Å². The second kappa shape index (κ2) is 8.12. The summed E-state index contributed by atoms with van der Waals surface area (Å²) in [6.07, 6.45) is 11.2. The molecule has 2 rings (SSSR count). The summed E-state index contributed by atoms with van der Waals surface area (Å²) in [4.78, 5) is 15.8. The summed E-state index contributed by atoms with van der Waals surface area (Å²) in [6.45, 7) is 0.629. The highest BCUT2D eigenvalue weighted by Crippen LogP contribution is 2.18. The van der Waals surface area contributed by atoms with E-state index >= 15 is 0 Å². The molecule has 0 aromatic rings. The molecule has 0 heterocycles. The molecule has 5 heteroatoms. The van der Waals surface area contributed by atoms with Gasteiger partial charge in [0.05, 0.1) is 0 Å². The first-order valence-corrected chi connectivity index (χ1v) is 8.10. The van der Waals surface area contributed by atoms with E-state index in [1.807, 2.05) is 0 Å². The third-order valence-electron chi connectivity index (χ3n) is 3.99. The van der Waals surface area contributed by atoms with Gasteiger partial charge in [0.1, 0.15) is 0 Å². The first kappa shape index (κ1) is 15.1. The summed E-state index contributed by atoms with van der Waals surface area (Å²) in [5.74, 6) is 0.692. The minimum atomic E-state index is 0.151. The quantitative estimate of drug-likeness (QED) is 0.300. The van der Waals surface area contributed by atoms with Crippen LogP contribution in [-0.2, 0) is 4.79 Å². The Labute approximate surface area is 121 Å². The zero-order valence-electron chi connectivity index (χ0n) is 12.4. The summed E-state index contributed by atoms with van der Waals surface area (Å²) in [5, 5.41) is 6.30. The van der Waals surface area contributed by atoms with E-state index in [2.05, 4.69) is 15.6 Å². The van der Waals surface area contributed by atoms with Crippen LogP contribution in [0.15, 0.2) is 4.99 Å². The standard InChI is InChI=1S/C15H28N4O/c16-15(19-12-6-3-1-2-4-7-12)17-11-5-8-14(20)18-13-9-10-13/h12-13H,1-11H2,(H,18,20)(H3,16,17,19). The number of carbonyl (C=O) groups is 1. The summed E-state index contributed by atoms with van der Waals surface area (Å²) >= 11 is 0. The summed E-state index contributed by atoms with van der Waals surface area (Å²) < 4.78 is 0. The Balaban J connectivity index is 1.56. The Hall–Kier alpha value is -1.26. The number of aliphatic imine (C=N–C) groups is 1. The fraction of sp³-hybridized carbons (Fsp3) is 0.867. The molecule has 0 saturated heterocycles. The van der Waals surface area contributed by atoms with Gasteiger partial charge in [-0.05, 0) is 32.1 Å². The molecule has 0 bridgehead atoms. The number of carbonyl (C=O) groups excluding carboxylic acids is 1. The van der Waals surface area contributed by atoms with E-state index in [4.69, 9.17) is 5.73 Å². The second-order valence-electron chi connectivity index (χ2n) is 6.05. The van der Waals surface area contributed by atoms with Gasteiger partial charge in [-0.15, -0.1) is 0 Å². The first-order chi connectivity index (χ1) is 9.74. The molecule has 1 amide bonds. The third kappa shape index (κ3) is 6.26. The highest BCUT2D eigenvalue weighted by Gasteiger charge is 2.22. The van der Waals surface area contributed by atoms with E-state index < -0.39 is 0 Å². The highest BCUT2D eigenvalue weighted by atomic mass is 16.1. The van der Waals surface area contributed by atoms with Crippen LogP contribution in [0.25, 0.3) is 0 Å². The molecule has 114 valence electrons. The number of hydrogen-bond donors (Lipinski definition) is 3. The molecule has 4 N–H and O–H groups in total. The van der Waals surface area contributed by atoms with Crippen molar-refractivity contribution in [2.75, 3.05) is 6.54 Å². The molecule has 5 nitrogen and oxygen atoms in total. The largest absolute Gasteiger partial charge is 0.370 e. The van der Waals surface area contributed by atoms with Gasteiger partial charge in [0.2, 0.25) is 5.91 Å². The maximum Gasteiger partial charge on any atom is 0.220 e. The molecule has 0 radical (unpaired) electrons. The molecule has 0 aromatic carbocycles. The average Bonchev–Trinajstić information content (AvgIpc) is 3.23. The number of amides is 1. The van der Waals surface area contributed by atoms with Gasteiger partial charge in [-0.25, -0.2) is 0 Å². The fourth-order valence-electron chi connectivity index (χ4n) is 2.65. The number of nitrogens with zero attached hydrogens (tertiary/aromatic N) is 1. The van der Waals surface area contributed by atoms with Crippen molar-refractivity contribution >= 4 is 11.9 Å². The van der Waals surface area contributed by atoms with Crippen molar-refractivity contribution < 1.29 is 4.79 Å². The Morgan fingerprint density at radius 2 is 1.65 bits per heavy atom. The topological polar surface area (TPSA) is 79.5 Å². The minimum Gasteiger partial charge on any atom is -0.370 e. The van der Waals surface area contributed by atoms with E-state index in [0.717, 1.165) is 19.3 Å². The number of guanidine groups is 1. The maximum absolute atomic E-state index is 11.5. The molecular weight excluding hydrogens is 252 g/mol. The van der Waals surface area contributed by atoms with E-state index in [1.165, 1.54) is 38.5 Å². The Morgan fingerprint density at radius 1 is 1.00 bits per heavy atom. The van der Waals surface area contributed by atoms with Crippen LogP contribution in [-0.4, -0.2) is 30.5 Å². The Morgan fingerprint density at radius 3 is 2.30 bits per heavy atom. The predicted octanol–water partition coefficient (Wildman–Crippen LogP) is 1.67. The molecule has 0 atom stereocenters. The van der Waals surface area contributed by atoms with Crippen LogP contribution in [0.1, 0.15) is 64.2 Å². The monoisotopic (exact) mass is 280 g/mol. The number of nitrogens with one attached hydrogen (secondary N) is 2. The van der Waals surface area contributed by atoms with Crippen LogP contribution < -0.4 is 16.4 Å². The third-order valence-corrected chi connectivity index (χ3v) is 3.99. The summed E-state index contributed by atoms with van der Waals surface area (Å²) in [5.41, 5.74) is 5.90. The smallest absolute Gasteiger partial charge is 0.220 e. The first-order valence-electron chi connectivity index (χ1n) is 8.10. The van der Waals surface area contributed by atoms with Crippen LogP contribution in [0.3, 0.4) is 0 Å². The van der Waals surface area contributed by atoms with Crippen molar-refractivity contribution in [2.24, 2.45) is 10.7 Å². The van der Waals surface area contributed by atoms with Gasteiger partial charge in [0, 0.05) is 25.0 Å². The SMILES string of the molecule is NC(=NCCCC(=O)NC1CC1)NC1CCCCCC1. The minimum absolute atomic E-state index is 0.151. The molecule has 2 saturated carbocycles. The molecule has 0 unspecified atom stereocenters. The van der Waals surface area contributed by atoms with Gasteiger partial charge in [-0.3, -0.25) is 9.79 Å². The van der Waals surface area contributed by atoms with Crippen molar-refractivity contribution in [3.63, 3.8) is 0 Å². The lowest BCUT2D eigenvalue weighted by Crippen LogP contribution is -2.39. The van der Waals surface area contributed by atoms with Gasteiger partial charge >= 0.3 is 0 Å². The van der Waals surface area contributed by atoms with Gasteiger partial charge in [-0.2, -0.15) is 0 Å². The lowest BCUT2D eigenvalue weighted by Gasteiger charge is -2.16. The Kier molecular flexibility index (Phi) is 6.15. The average molecular weight is 280 g/mol. The van der Waals surface area contributed by atoms with E-state index in [1.54, 1.807) is 0 Å². The summed E-state index contributed by atoms with van der Waals surface area (Å²) in [7, 11) is 0. The van der Waals surface area contributed by atoms with E-state index in [9.17, 15) is 4.79 Å². The fourth-order valence-corrected chi connectivity index (χ4v) is 2.65. The van der Waals surface area contributed by atoms with Crippen LogP contribution in [0.2, 0.25) is 0 Å². The zero-order valence-corrected chi connectivity index (χ0v) is 12.4. The number of rotatable bonds is 6. The second-order valence-corrected chi connectivity index (χ2v) is 6.05. The van der Waals surface area contributed by atoms with Crippen molar-refractivity contribution in [1.82, 2.24) is 10.6 Å². The van der Waals surface area contributed by atoms with Crippen LogP contribution in [0.4, 0.5) is 0 Å². The van der Waals surface area contributed by atoms with Crippen LogP contribution >= 0.6 is 0 Å². The normalized spacial score (nSPS) is 21.3. The van der Waals surface area contributed by atoms with Crippen LogP contribution in [0, 0.1) is 0 Å². The van der Waals surface area contributed by atoms with Gasteiger partial charge in [0.15, 0.2) is 5.96 Å². The predicted molar refractivity (Wildman–Crippen MR) is 81.5 cm³/mol. The molecule has 20 heavy (non-hydrogen) atoms. The van der Waals surface area contributed by atoms with Gasteiger partial charge < -0.3 is 16.4 Å². The molecule has 2 fully saturated rings. The molecule has 2 aliphatic rings. The zero-order chi connectivity index (χ0) is 14.2. The van der Waals surface area contributed by atoms with Crippen molar-refractivity contribution in [2.45, 2.75) is 76.3 Å². The lowest BCUT2D eigenvalue weighted by atomic mass is 10.1. The van der Waals surface area contributed by atoms with Crippen LogP contribution in [0.5, 0.6) is 0 Å². The molecule has 0 aromatic heterocycles. The Bertz CT molecular complexity index is 331. The van der Waals surface area contributed by atoms with Gasteiger partial charge in [0.25, 0.3) is 0 Å². The van der Waals surface area contributed by atoms with Crippen molar-refractivity contribution in [3.8, 4) is 0 Å². The molecule has 0 spiro atoms. The molecular formula is C15H28N4O. The van der Waals surface area contributed by atoms with Crippen molar-refractivity contribution in [3.05, 3.63) is 0 Å². The molecule has 0 aliphatic heterocycles.